The standard InChI is InChI=1S/C16H17NO5S/c1-3-8-17-15(19)13(23-16(17)20)9-11-4-6-12(7-5-11)22-10-14(18)21-2/h4-7,9H,3,8,10H2,1-2H3/b13-9+. The molecule has 0 aliphatic carbocycles. The van der Waals surface area contributed by atoms with Gasteiger partial charge in [-0.1, -0.05) is 19.1 Å². The number of thioether (sulfide) groups is 1. The molecule has 0 N–H and O–H groups in total. The van der Waals surface area contributed by atoms with E-state index >= 15 is 0 Å². The second-order valence-electron chi connectivity index (χ2n) is 4.77. The molecule has 0 saturated carbocycles. The van der Waals surface area contributed by atoms with Crippen LogP contribution in [0.25, 0.3) is 6.08 Å². The van der Waals surface area contributed by atoms with Crippen molar-refractivity contribution < 1.29 is 23.9 Å². The summed E-state index contributed by atoms with van der Waals surface area (Å²) in [7, 11) is 1.29. The predicted molar refractivity (Wildman–Crippen MR) is 86.9 cm³/mol. The fraction of sp³-hybridized carbons (Fsp3) is 0.312. The molecule has 7 heteroatoms. The summed E-state index contributed by atoms with van der Waals surface area (Å²) < 4.78 is 9.73. The van der Waals surface area contributed by atoms with Gasteiger partial charge >= 0.3 is 5.97 Å². The van der Waals surface area contributed by atoms with Crippen LogP contribution in [0, 0.1) is 0 Å². The number of hydrogen-bond donors (Lipinski definition) is 0. The van der Waals surface area contributed by atoms with Gasteiger partial charge in [0.1, 0.15) is 5.75 Å². The first kappa shape index (κ1) is 17.1. The molecule has 1 aromatic carbocycles. The zero-order chi connectivity index (χ0) is 16.8. The van der Waals surface area contributed by atoms with E-state index in [1.54, 1.807) is 30.3 Å². The molecule has 2 amide bonds. The van der Waals surface area contributed by atoms with E-state index in [-0.39, 0.29) is 17.8 Å². The second kappa shape index (κ2) is 7.82. The van der Waals surface area contributed by atoms with Gasteiger partial charge in [-0.25, -0.2) is 4.79 Å². The van der Waals surface area contributed by atoms with Crippen molar-refractivity contribution in [2.45, 2.75) is 13.3 Å². The number of esters is 1. The van der Waals surface area contributed by atoms with Crippen molar-refractivity contribution in [1.29, 1.82) is 0 Å². The van der Waals surface area contributed by atoms with E-state index in [9.17, 15) is 14.4 Å². The Labute approximate surface area is 138 Å². The molecule has 0 bridgehead atoms. The third-order valence-electron chi connectivity index (χ3n) is 3.08. The van der Waals surface area contributed by atoms with Gasteiger partial charge in [-0.3, -0.25) is 14.5 Å². The number of carbonyl (C=O) groups excluding carboxylic acids is 3. The third kappa shape index (κ3) is 4.35. The molecule has 1 heterocycles. The molecule has 1 aliphatic heterocycles. The van der Waals surface area contributed by atoms with Crippen molar-refractivity contribution in [2.24, 2.45) is 0 Å². The molecule has 122 valence electrons. The molecule has 0 aromatic heterocycles. The minimum absolute atomic E-state index is 0.161. The van der Waals surface area contributed by atoms with Crippen LogP contribution in [0.2, 0.25) is 0 Å². The van der Waals surface area contributed by atoms with Crippen molar-refractivity contribution in [1.82, 2.24) is 4.90 Å². The maximum Gasteiger partial charge on any atom is 0.343 e. The number of nitrogens with zero attached hydrogens (tertiary/aromatic N) is 1. The summed E-state index contributed by atoms with van der Waals surface area (Å²) in [5, 5.41) is -0.235. The Bertz CT molecular complexity index is 638. The first-order valence-corrected chi connectivity index (χ1v) is 7.92. The number of methoxy groups -OCH3 is 1. The van der Waals surface area contributed by atoms with Crippen LogP contribution in [0.4, 0.5) is 4.79 Å². The predicted octanol–water partition coefficient (Wildman–Crippen LogP) is 2.68. The highest BCUT2D eigenvalue weighted by Crippen LogP contribution is 2.32. The van der Waals surface area contributed by atoms with Crippen LogP contribution in [0.15, 0.2) is 29.2 Å². The fourth-order valence-electron chi connectivity index (χ4n) is 1.93. The molecule has 0 atom stereocenters. The van der Waals surface area contributed by atoms with Crippen LogP contribution < -0.4 is 4.74 Å². The van der Waals surface area contributed by atoms with Crippen molar-refractivity contribution in [3.8, 4) is 5.75 Å². The summed E-state index contributed by atoms with van der Waals surface area (Å²) in [6.45, 7) is 2.19. The fourth-order valence-corrected chi connectivity index (χ4v) is 2.79. The molecule has 0 unspecified atom stereocenters. The van der Waals surface area contributed by atoms with Gasteiger partial charge in [0.2, 0.25) is 0 Å². The Hall–Kier alpha value is -2.28. The van der Waals surface area contributed by atoms with Gasteiger partial charge in [0.05, 0.1) is 12.0 Å². The summed E-state index contributed by atoms with van der Waals surface area (Å²) >= 11 is 0.944. The molecule has 1 aromatic rings. The van der Waals surface area contributed by atoms with E-state index in [4.69, 9.17) is 4.74 Å². The van der Waals surface area contributed by atoms with Gasteiger partial charge in [-0.05, 0) is 42.0 Å². The van der Waals surface area contributed by atoms with Gasteiger partial charge in [0.15, 0.2) is 6.61 Å². The maximum atomic E-state index is 12.1. The van der Waals surface area contributed by atoms with E-state index in [1.807, 2.05) is 6.92 Å². The highest BCUT2D eigenvalue weighted by Gasteiger charge is 2.34. The molecular weight excluding hydrogens is 318 g/mol. The lowest BCUT2D eigenvalue weighted by Crippen LogP contribution is -2.28. The first-order valence-electron chi connectivity index (χ1n) is 7.10. The van der Waals surface area contributed by atoms with Gasteiger partial charge < -0.3 is 9.47 Å². The highest BCUT2D eigenvalue weighted by atomic mass is 32.2. The molecule has 1 fully saturated rings. The summed E-state index contributed by atoms with van der Waals surface area (Å²) in [4.78, 5) is 36.6. The van der Waals surface area contributed by atoms with Gasteiger partial charge in [0.25, 0.3) is 11.1 Å². The summed E-state index contributed by atoms with van der Waals surface area (Å²) in [6, 6.07) is 6.87. The van der Waals surface area contributed by atoms with Crippen LogP contribution in [-0.4, -0.2) is 42.3 Å². The van der Waals surface area contributed by atoms with E-state index in [2.05, 4.69) is 4.74 Å². The van der Waals surface area contributed by atoms with E-state index in [1.165, 1.54) is 12.0 Å². The normalized spacial score (nSPS) is 16.1. The molecule has 1 aliphatic rings. The van der Waals surface area contributed by atoms with Gasteiger partial charge in [0, 0.05) is 6.54 Å². The highest BCUT2D eigenvalue weighted by molar-refractivity contribution is 8.18. The number of imide groups is 1. The molecular formula is C16H17NO5S. The summed E-state index contributed by atoms with van der Waals surface area (Å²) in [5.41, 5.74) is 0.775. The number of rotatable bonds is 6. The Balaban J connectivity index is 2.04. The van der Waals surface area contributed by atoms with Crippen LogP contribution in [0.1, 0.15) is 18.9 Å². The molecule has 23 heavy (non-hydrogen) atoms. The van der Waals surface area contributed by atoms with Crippen LogP contribution in [0.5, 0.6) is 5.75 Å². The Morgan fingerprint density at radius 2 is 1.96 bits per heavy atom. The van der Waals surface area contributed by atoms with E-state index in [0.717, 1.165) is 23.7 Å². The Kier molecular flexibility index (Phi) is 5.81. The van der Waals surface area contributed by atoms with Crippen molar-refractivity contribution >= 4 is 35.0 Å². The lowest BCUT2D eigenvalue weighted by molar-refractivity contribution is -0.142. The topological polar surface area (TPSA) is 72.9 Å². The smallest absolute Gasteiger partial charge is 0.343 e. The van der Waals surface area contributed by atoms with Gasteiger partial charge in [-0.15, -0.1) is 0 Å². The quantitative estimate of drug-likeness (QED) is 0.588. The lowest BCUT2D eigenvalue weighted by atomic mass is 10.2. The lowest BCUT2D eigenvalue weighted by Gasteiger charge is -2.09. The number of carbonyl (C=O) groups is 3. The van der Waals surface area contributed by atoms with Crippen molar-refractivity contribution in [2.75, 3.05) is 20.3 Å². The van der Waals surface area contributed by atoms with Crippen molar-refractivity contribution in [3.05, 3.63) is 34.7 Å². The number of benzene rings is 1. The molecule has 1 saturated heterocycles. The molecule has 0 radical (unpaired) electrons. The average Bonchev–Trinajstić information content (AvgIpc) is 2.82. The van der Waals surface area contributed by atoms with Gasteiger partial charge in [-0.2, -0.15) is 0 Å². The minimum Gasteiger partial charge on any atom is -0.482 e. The largest absolute Gasteiger partial charge is 0.482 e. The number of amides is 2. The Morgan fingerprint density at radius 3 is 2.57 bits per heavy atom. The summed E-state index contributed by atoms with van der Waals surface area (Å²) in [5.74, 6) is -0.196. The average molecular weight is 335 g/mol. The number of ether oxygens (including phenoxy) is 2. The Morgan fingerprint density at radius 1 is 1.26 bits per heavy atom. The van der Waals surface area contributed by atoms with E-state index in [0.29, 0.717) is 17.2 Å². The maximum absolute atomic E-state index is 12.1. The molecule has 2 rings (SSSR count). The zero-order valence-corrected chi connectivity index (χ0v) is 13.7. The molecule has 6 nitrogen and oxygen atoms in total. The summed E-state index contributed by atoms with van der Waals surface area (Å²) in [6.07, 6.45) is 2.40. The zero-order valence-electron chi connectivity index (χ0n) is 12.9. The van der Waals surface area contributed by atoms with Crippen LogP contribution >= 0.6 is 11.8 Å². The second-order valence-corrected chi connectivity index (χ2v) is 5.76. The monoisotopic (exact) mass is 335 g/mol. The van der Waals surface area contributed by atoms with Crippen molar-refractivity contribution in [3.63, 3.8) is 0 Å². The number of hydrogen-bond acceptors (Lipinski definition) is 6. The van der Waals surface area contributed by atoms with Crippen LogP contribution in [-0.2, 0) is 14.3 Å². The first-order chi connectivity index (χ1) is 11.0. The van der Waals surface area contributed by atoms with Crippen LogP contribution in [0.3, 0.4) is 0 Å². The SMILES string of the molecule is CCCN1C(=O)S/C(=C/c2ccc(OCC(=O)OC)cc2)C1=O. The van der Waals surface area contributed by atoms with E-state index < -0.39 is 5.97 Å². The third-order valence-corrected chi connectivity index (χ3v) is 3.99. The molecule has 0 spiro atoms. The minimum atomic E-state index is -0.460.